The fraction of sp³-hybridized carbons (Fsp3) is 0.500. The Morgan fingerprint density at radius 2 is 2.26 bits per heavy atom. The van der Waals surface area contributed by atoms with Crippen LogP contribution in [-0.2, 0) is 0 Å². The number of urea groups is 1. The number of likely N-dealkylation sites (N-methyl/N-ethyl adjacent to an activating group) is 1. The molecule has 4 nitrogen and oxygen atoms in total. The topological polar surface area (TPSA) is 35.6 Å². The summed E-state index contributed by atoms with van der Waals surface area (Å²) in [5.41, 5.74) is 1.19. The van der Waals surface area contributed by atoms with Gasteiger partial charge in [-0.2, -0.15) is 0 Å². The van der Waals surface area contributed by atoms with E-state index < -0.39 is 0 Å². The van der Waals surface area contributed by atoms with Gasteiger partial charge in [0.1, 0.15) is 0 Å². The van der Waals surface area contributed by atoms with E-state index in [1.54, 1.807) is 0 Å². The molecule has 1 N–H and O–H groups in total. The Morgan fingerprint density at radius 1 is 1.42 bits per heavy atom. The van der Waals surface area contributed by atoms with Gasteiger partial charge >= 0.3 is 6.03 Å². The van der Waals surface area contributed by atoms with Gasteiger partial charge in [-0.25, -0.2) is 4.79 Å². The Kier molecular flexibility index (Phi) is 3.50. The number of hydrogen-bond donors (Lipinski definition) is 1. The van der Waals surface area contributed by atoms with E-state index in [2.05, 4.69) is 33.4 Å². The molecule has 0 radical (unpaired) electrons. The van der Waals surface area contributed by atoms with Crippen molar-refractivity contribution in [2.45, 2.75) is 18.5 Å². The summed E-state index contributed by atoms with van der Waals surface area (Å²) in [5, 5.41) is 3.33. The number of carbonyl (C=O) groups is 1. The number of carbonyl (C=O) groups excluding carboxylic acids is 1. The van der Waals surface area contributed by atoms with Gasteiger partial charge in [-0.1, -0.05) is 28.1 Å². The second kappa shape index (κ2) is 5.13. The van der Waals surface area contributed by atoms with Crippen LogP contribution in [0.4, 0.5) is 4.79 Å². The zero-order valence-electron chi connectivity index (χ0n) is 11.0. The fourth-order valence-corrected chi connectivity index (χ4v) is 3.39. The maximum absolute atomic E-state index is 12.4. The van der Waals surface area contributed by atoms with Gasteiger partial charge in [-0.05, 0) is 30.7 Å². The van der Waals surface area contributed by atoms with E-state index in [0.717, 1.165) is 30.5 Å². The second-order valence-corrected chi connectivity index (χ2v) is 6.18. The summed E-state index contributed by atoms with van der Waals surface area (Å²) >= 11 is 3.50. The van der Waals surface area contributed by atoms with Crippen LogP contribution in [0.1, 0.15) is 18.0 Å². The predicted octanol–water partition coefficient (Wildman–Crippen LogP) is 2.22. The van der Waals surface area contributed by atoms with Crippen molar-refractivity contribution in [3.63, 3.8) is 0 Å². The molecule has 2 fully saturated rings. The maximum Gasteiger partial charge on any atom is 0.320 e. The van der Waals surface area contributed by atoms with Crippen LogP contribution < -0.4 is 5.32 Å². The molecular weight excluding hydrogens is 306 g/mol. The van der Waals surface area contributed by atoms with Crippen molar-refractivity contribution < 1.29 is 4.79 Å². The molecule has 2 atom stereocenters. The highest BCUT2D eigenvalue weighted by Gasteiger charge is 2.39. The first-order chi connectivity index (χ1) is 9.16. The van der Waals surface area contributed by atoms with Gasteiger partial charge in [0.2, 0.25) is 0 Å². The highest BCUT2D eigenvalue weighted by molar-refractivity contribution is 9.10. The summed E-state index contributed by atoms with van der Waals surface area (Å²) in [6.07, 6.45) is 1.06. The lowest BCUT2D eigenvalue weighted by atomic mass is 10.1. The summed E-state index contributed by atoms with van der Waals surface area (Å²) < 4.78 is 1.06. The van der Waals surface area contributed by atoms with Crippen LogP contribution in [0.5, 0.6) is 0 Å². The number of nitrogens with zero attached hydrogens (tertiary/aromatic N) is 2. The zero-order valence-corrected chi connectivity index (χ0v) is 12.6. The third-order valence-corrected chi connectivity index (χ3v) is 4.59. The van der Waals surface area contributed by atoms with Gasteiger partial charge in [0, 0.05) is 30.7 Å². The van der Waals surface area contributed by atoms with E-state index in [-0.39, 0.29) is 12.1 Å². The molecule has 0 bridgehead atoms. The summed E-state index contributed by atoms with van der Waals surface area (Å²) in [7, 11) is 1.90. The lowest BCUT2D eigenvalue weighted by Gasteiger charge is -2.22. The lowest BCUT2D eigenvalue weighted by Crippen LogP contribution is -2.39. The van der Waals surface area contributed by atoms with Gasteiger partial charge in [0.05, 0.1) is 6.04 Å². The number of rotatable bonds is 2. The van der Waals surface area contributed by atoms with E-state index >= 15 is 0 Å². The summed E-state index contributed by atoms with van der Waals surface area (Å²) in [5.74, 6) is 0. The summed E-state index contributed by atoms with van der Waals surface area (Å²) in [6.45, 7) is 2.72. The molecule has 2 heterocycles. The Hall–Kier alpha value is -1.07. The van der Waals surface area contributed by atoms with Crippen molar-refractivity contribution in [2.75, 3.05) is 26.7 Å². The molecule has 0 saturated carbocycles. The lowest BCUT2D eigenvalue weighted by molar-refractivity contribution is 0.184. The fourth-order valence-electron chi connectivity index (χ4n) is 2.98. The van der Waals surface area contributed by atoms with Crippen LogP contribution in [0.15, 0.2) is 28.7 Å². The molecule has 0 aliphatic carbocycles. The Balaban J connectivity index is 1.82. The predicted molar refractivity (Wildman–Crippen MR) is 78.0 cm³/mol. The average molecular weight is 324 g/mol. The number of nitrogens with one attached hydrogen (secondary N) is 1. The Morgan fingerprint density at radius 3 is 2.95 bits per heavy atom. The molecule has 2 amide bonds. The first kappa shape index (κ1) is 12.9. The molecule has 0 spiro atoms. The van der Waals surface area contributed by atoms with Gasteiger partial charge in [0.15, 0.2) is 0 Å². The standard InChI is InChI=1S/C14H18BrN3O/c1-17-13(10-3-2-4-11(15)7-10)9-18(14(17)19)12-5-6-16-8-12/h2-4,7,12-13,16H,5-6,8-9H2,1H3. The second-order valence-electron chi connectivity index (χ2n) is 5.26. The van der Waals surface area contributed by atoms with Gasteiger partial charge in [-0.15, -0.1) is 0 Å². The minimum Gasteiger partial charge on any atom is -0.319 e. The van der Waals surface area contributed by atoms with Crippen molar-refractivity contribution in [2.24, 2.45) is 0 Å². The average Bonchev–Trinajstić information content (AvgIpc) is 3.00. The molecule has 102 valence electrons. The smallest absolute Gasteiger partial charge is 0.319 e. The Bertz CT molecular complexity index is 487. The van der Waals surface area contributed by atoms with Crippen molar-refractivity contribution >= 4 is 22.0 Å². The van der Waals surface area contributed by atoms with E-state index in [1.165, 1.54) is 5.56 Å². The molecular formula is C14H18BrN3O. The van der Waals surface area contributed by atoms with Crippen LogP contribution >= 0.6 is 15.9 Å². The molecule has 1 aromatic carbocycles. The van der Waals surface area contributed by atoms with Crippen LogP contribution in [0, 0.1) is 0 Å². The molecule has 2 saturated heterocycles. The SMILES string of the molecule is CN1C(=O)N(C2CCNC2)CC1c1cccc(Br)c1. The van der Waals surface area contributed by atoms with Gasteiger partial charge in [-0.3, -0.25) is 0 Å². The molecule has 0 aromatic heterocycles. The molecule has 2 aliphatic rings. The number of amides is 2. The van der Waals surface area contributed by atoms with E-state index in [1.807, 2.05) is 29.0 Å². The van der Waals surface area contributed by atoms with Crippen LogP contribution in [0.25, 0.3) is 0 Å². The van der Waals surface area contributed by atoms with Crippen molar-refractivity contribution in [1.82, 2.24) is 15.1 Å². The minimum atomic E-state index is 0.152. The first-order valence-corrected chi connectivity index (χ1v) is 7.46. The van der Waals surface area contributed by atoms with Crippen LogP contribution in [0.2, 0.25) is 0 Å². The molecule has 1 aromatic rings. The first-order valence-electron chi connectivity index (χ1n) is 6.66. The van der Waals surface area contributed by atoms with Crippen LogP contribution in [-0.4, -0.2) is 48.6 Å². The largest absolute Gasteiger partial charge is 0.320 e. The van der Waals surface area contributed by atoms with E-state index in [4.69, 9.17) is 0 Å². The van der Waals surface area contributed by atoms with E-state index in [9.17, 15) is 4.79 Å². The number of hydrogen-bond acceptors (Lipinski definition) is 2. The van der Waals surface area contributed by atoms with Gasteiger partial charge < -0.3 is 15.1 Å². The molecule has 5 heteroatoms. The van der Waals surface area contributed by atoms with Crippen molar-refractivity contribution in [3.05, 3.63) is 34.3 Å². The third kappa shape index (κ3) is 2.37. The van der Waals surface area contributed by atoms with E-state index in [0.29, 0.717) is 6.04 Å². The normalized spacial score (nSPS) is 27.4. The highest BCUT2D eigenvalue weighted by atomic mass is 79.9. The third-order valence-electron chi connectivity index (χ3n) is 4.09. The number of benzene rings is 1. The zero-order chi connectivity index (χ0) is 13.4. The maximum atomic E-state index is 12.4. The Labute approximate surface area is 121 Å². The summed E-state index contributed by atoms with van der Waals surface area (Å²) in [4.78, 5) is 16.3. The minimum absolute atomic E-state index is 0.152. The molecule has 3 rings (SSSR count). The van der Waals surface area contributed by atoms with Crippen molar-refractivity contribution in [1.29, 1.82) is 0 Å². The number of halogens is 1. The molecule has 19 heavy (non-hydrogen) atoms. The van der Waals surface area contributed by atoms with Crippen LogP contribution in [0.3, 0.4) is 0 Å². The van der Waals surface area contributed by atoms with Gasteiger partial charge in [0.25, 0.3) is 0 Å². The molecule has 2 unspecified atom stereocenters. The summed E-state index contributed by atoms with van der Waals surface area (Å²) in [6, 6.07) is 8.90. The highest BCUT2D eigenvalue weighted by Crippen LogP contribution is 2.31. The monoisotopic (exact) mass is 323 g/mol. The van der Waals surface area contributed by atoms with Crippen molar-refractivity contribution in [3.8, 4) is 0 Å². The molecule has 2 aliphatic heterocycles. The quantitative estimate of drug-likeness (QED) is 0.905.